The summed E-state index contributed by atoms with van der Waals surface area (Å²) in [4.78, 5) is 7.28. The van der Waals surface area contributed by atoms with Gasteiger partial charge < -0.3 is 9.52 Å². The summed E-state index contributed by atoms with van der Waals surface area (Å²) in [5.74, 6) is 0.865. The van der Waals surface area contributed by atoms with Crippen molar-refractivity contribution in [1.82, 2.24) is 4.90 Å². The van der Waals surface area contributed by atoms with Crippen LogP contribution in [-0.4, -0.2) is 34.5 Å². The van der Waals surface area contributed by atoms with E-state index in [4.69, 9.17) is 9.41 Å². The lowest BCUT2D eigenvalue weighted by Crippen LogP contribution is -2.46. The lowest BCUT2D eigenvalue weighted by molar-refractivity contribution is 0.0531. The maximum atomic E-state index is 10.00. The fourth-order valence-electron chi connectivity index (χ4n) is 3.78. The Morgan fingerprint density at radius 1 is 1.18 bits per heavy atom. The maximum Gasteiger partial charge on any atom is 0.149 e. The molecule has 0 saturated carbocycles. The summed E-state index contributed by atoms with van der Waals surface area (Å²) in [6.07, 6.45) is 5.14. The number of benzene rings is 1. The van der Waals surface area contributed by atoms with Gasteiger partial charge in [-0.15, -0.1) is 0 Å². The Kier molecular flexibility index (Phi) is 3.56. The highest BCUT2D eigenvalue weighted by Gasteiger charge is 2.44. The van der Waals surface area contributed by atoms with Crippen molar-refractivity contribution in [3.05, 3.63) is 60.1 Å². The van der Waals surface area contributed by atoms with Gasteiger partial charge in [-0.05, 0) is 37.0 Å². The SMILES string of the molecule is OC[C@@H](c1ccccc1)N1[C@@H]2CCC[C@H]1C(c1ccco1)=N2. The zero-order valence-electron chi connectivity index (χ0n) is 12.4. The standard InChI is InChI=1S/C18H20N2O2/c21-12-15(13-6-2-1-3-7-13)20-14-8-4-10-17(20)19-18(14)16-9-5-11-22-16/h1-3,5-7,9,11,14-15,17,21H,4,8,10,12H2/t14-,15-,17+/m0/s1. The number of hydrogen-bond acceptors (Lipinski definition) is 4. The van der Waals surface area contributed by atoms with Crippen LogP contribution in [0.1, 0.15) is 36.6 Å². The van der Waals surface area contributed by atoms with Gasteiger partial charge in [-0.3, -0.25) is 9.89 Å². The van der Waals surface area contributed by atoms with Crippen molar-refractivity contribution in [2.24, 2.45) is 4.99 Å². The van der Waals surface area contributed by atoms with Crippen molar-refractivity contribution < 1.29 is 9.52 Å². The number of rotatable bonds is 4. The van der Waals surface area contributed by atoms with Crippen molar-refractivity contribution in [2.75, 3.05) is 6.61 Å². The fourth-order valence-corrected chi connectivity index (χ4v) is 3.78. The first-order valence-corrected chi connectivity index (χ1v) is 7.93. The molecule has 2 aliphatic heterocycles. The van der Waals surface area contributed by atoms with E-state index in [1.807, 2.05) is 30.3 Å². The molecule has 2 aromatic rings. The summed E-state index contributed by atoms with van der Waals surface area (Å²) < 4.78 is 5.57. The summed E-state index contributed by atoms with van der Waals surface area (Å²) in [7, 11) is 0. The van der Waals surface area contributed by atoms with Crippen molar-refractivity contribution in [2.45, 2.75) is 37.5 Å². The van der Waals surface area contributed by atoms with Crippen LogP contribution in [0.4, 0.5) is 0 Å². The number of aliphatic imine (C=N–C) groups is 1. The molecule has 22 heavy (non-hydrogen) atoms. The van der Waals surface area contributed by atoms with E-state index < -0.39 is 0 Å². The van der Waals surface area contributed by atoms with E-state index in [9.17, 15) is 5.11 Å². The lowest BCUT2D eigenvalue weighted by Gasteiger charge is -2.39. The summed E-state index contributed by atoms with van der Waals surface area (Å²) in [6.45, 7) is 0.109. The minimum Gasteiger partial charge on any atom is -0.463 e. The first-order chi connectivity index (χ1) is 10.9. The van der Waals surface area contributed by atoms with Gasteiger partial charge in [0.1, 0.15) is 11.9 Å². The third-order valence-corrected chi connectivity index (χ3v) is 4.74. The Hall–Kier alpha value is -1.91. The Morgan fingerprint density at radius 2 is 2.05 bits per heavy atom. The number of aliphatic hydroxyl groups is 1. The Balaban J connectivity index is 1.68. The van der Waals surface area contributed by atoms with Gasteiger partial charge in [-0.2, -0.15) is 0 Å². The first-order valence-electron chi connectivity index (χ1n) is 7.93. The zero-order chi connectivity index (χ0) is 14.9. The largest absolute Gasteiger partial charge is 0.463 e. The van der Waals surface area contributed by atoms with Crippen LogP contribution in [0.5, 0.6) is 0 Å². The quantitative estimate of drug-likeness (QED) is 0.943. The van der Waals surface area contributed by atoms with Gasteiger partial charge in [0, 0.05) is 0 Å². The molecular weight excluding hydrogens is 276 g/mol. The van der Waals surface area contributed by atoms with Crippen LogP contribution in [0.3, 0.4) is 0 Å². The molecule has 3 atom stereocenters. The molecule has 2 bridgehead atoms. The van der Waals surface area contributed by atoms with Crippen LogP contribution in [0.15, 0.2) is 58.1 Å². The highest BCUT2D eigenvalue weighted by atomic mass is 16.3. The smallest absolute Gasteiger partial charge is 0.149 e. The van der Waals surface area contributed by atoms with Gasteiger partial charge in [0.15, 0.2) is 0 Å². The Labute approximate surface area is 130 Å². The maximum absolute atomic E-state index is 10.00. The van der Waals surface area contributed by atoms with E-state index in [-0.39, 0.29) is 24.9 Å². The average molecular weight is 296 g/mol. The molecule has 1 aromatic heterocycles. The third kappa shape index (κ3) is 2.19. The van der Waals surface area contributed by atoms with Gasteiger partial charge in [0.25, 0.3) is 0 Å². The predicted octanol–water partition coefficient (Wildman–Crippen LogP) is 3.00. The summed E-state index contributed by atoms with van der Waals surface area (Å²) in [6, 6.07) is 14.3. The molecule has 1 aromatic carbocycles. The van der Waals surface area contributed by atoms with Gasteiger partial charge in [-0.25, -0.2) is 0 Å². The molecule has 0 radical (unpaired) electrons. The summed E-state index contributed by atoms with van der Waals surface area (Å²) in [5, 5.41) is 10.00. The molecule has 1 fully saturated rings. The van der Waals surface area contributed by atoms with Crippen LogP contribution in [0.2, 0.25) is 0 Å². The molecular formula is C18H20N2O2. The molecule has 2 aliphatic rings. The summed E-state index contributed by atoms with van der Waals surface area (Å²) >= 11 is 0. The molecule has 1 N–H and O–H groups in total. The second kappa shape index (κ2) is 5.71. The molecule has 0 aliphatic carbocycles. The molecule has 0 amide bonds. The van der Waals surface area contributed by atoms with Crippen LogP contribution >= 0.6 is 0 Å². The molecule has 1 saturated heterocycles. The molecule has 3 heterocycles. The van der Waals surface area contributed by atoms with Crippen LogP contribution in [0.25, 0.3) is 0 Å². The van der Waals surface area contributed by atoms with E-state index in [2.05, 4.69) is 17.0 Å². The van der Waals surface area contributed by atoms with Gasteiger partial charge in [0.2, 0.25) is 0 Å². The highest BCUT2D eigenvalue weighted by Crippen LogP contribution is 2.39. The second-order valence-electron chi connectivity index (χ2n) is 5.98. The first kappa shape index (κ1) is 13.7. The minimum atomic E-state index is -0.00675. The molecule has 114 valence electrons. The molecule has 0 unspecified atom stereocenters. The number of piperidine rings is 1. The van der Waals surface area contributed by atoms with Crippen molar-refractivity contribution >= 4 is 5.71 Å². The normalized spacial score (nSPS) is 26.0. The number of nitrogens with zero attached hydrogens (tertiary/aromatic N) is 2. The minimum absolute atomic E-state index is 0.00675. The second-order valence-corrected chi connectivity index (χ2v) is 5.98. The fraction of sp³-hybridized carbons (Fsp3) is 0.389. The van der Waals surface area contributed by atoms with E-state index in [1.165, 1.54) is 6.42 Å². The summed E-state index contributed by atoms with van der Waals surface area (Å²) in [5.41, 5.74) is 2.19. The third-order valence-electron chi connectivity index (χ3n) is 4.74. The topological polar surface area (TPSA) is 49.0 Å². The van der Waals surface area contributed by atoms with E-state index in [1.54, 1.807) is 6.26 Å². The van der Waals surface area contributed by atoms with Gasteiger partial charge in [0.05, 0.1) is 30.7 Å². The van der Waals surface area contributed by atoms with Crippen molar-refractivity contribution in [1.29, 1.82) is 0 Å². The number of furan rings is 1. The molecule has 0 spiro atoms. The Morgan fingerprint density at radius 3 is 2.77 bits per heavy atom. The molecule has 4 rings (SSSR count). The number of hydrogen-bond donors (Lipinski definition) is 1. The van der Waals surface area contributed by atoms with Crippen molar-refractivity contribution in [3.63, 3.8) is 0 Å². The highest BCUT2D eigenvalue weighted by molar-refractivity contribution is 6.03. The average Bonchev–Trinajstić information content (AvgIpc) is 3.15. The Bertz CT molecular complexity index is 651. The zero-order valence-corrected chi connectivity index (χ0v) is 12.4. The van der Waals surface area contributed by atoms with Crippen LogP contribution in [0, 0.1) is 0 Å². The van der Waals surface area contributed by atoms with E-state index >= 15 is 0 Å². The number of aliphatic hydroxyl groups excluding tert-OH is 1. The van der Waals surface area contributed by atoms with E-state index in [0.29, 0.717) is 0 Å². The van der Waals surface area contributed by atoms with Crippen LogP contribution in [-0.2, 0) is 0 Å². The van der Waals surface area contributed by atoms with Crippen LogP contribution < -0.4 is 0 Å². The molecule has 4 heteroatoms. The molecule has 4 nitrogen and oxygen atoms in total. The van der Waals surface area contributed by atoms with E-state index in [0.717, 1.165) is 29.9 Å². The van der Waals surface area contributed by atoms with Gasteiger partial charge in [-0.1, -0.05) is 30.3 Å². The number of fused-ring (bicyclic) bond motifs is 2. The monoisotopic (exact) mass is 296 g/mol. The van der Waals surface area contributed by atoms with Crippen molar-refractivity contribution in [3.8, 4) is 0 Å². The predicted molar refractivity (Wildman–Crippen MR) is 84.8 cm³/mol. The van der Waals surface area contributed by atoms with Gasteiger partial charge >= 0.3 is 0 Å². The lowest BCUT2D eigenvalue weighted by atomic mass is 9.94.